The smallest absolute Gasteiger partial charge is 0.197 e. The predicted octanol–water partition coefficient (Wildman–Crippen LogP) is 3.27. The maximum Gasteiger partial charge on any atom is 0.197 e. The molecule has 25 heavy (non-hydrogen) atoms. The van der Waals surface area contributed by atoms with E-state index in [2.05, 4.69) is 5.32 Å². The average Bonchev–Trinajstić information content (AvgIpc) is 2.58. The molecule has 0 heterocycles. The third kappa shape index (κ3) is 5.41. The van der Waals surface area contributed by atoms with Gasteiger partial charge in [0.25, 0.3) is 0 Å². The molecule has 0 aliphatic heterocycles. The van der Waals surface area contributed by atoms with Gasteiger partial charge in [0.1, 0.15) is 18.5 Å². The number of benzene rings is 2. The number of ether oxygens (including phenoxy) is 1. The quantitative estimate of drug-likeness (QED) is 0.724. The van der Waals surface area contributed by atoms with Gasteiger partial charge < -0.3 is 15.2 Å². The first-order chi connectivity index (χ1) is 11.9. The second kappa shape index (κ2) is 8.79. The Kier molecular flexibility index (Phi) is 6.73. The van der Waals surface area contributed by atoms with Crippen LogP contribution in [0.5, 0.6) is 5.75 Å². The van der Waals surface area contributed by atoms with Gasteiger partial charge in [-0.25, -0.2) is 0 Å². The van der Waals surface area contributed by atoms with Gasteiger partial charge in [-0.15, -0.1) is 0 Å². The number of nitrogens with one attached hydrogen (secondary N) is 1. The van der Waals surface area contributed by atoms with Gasteiger partial charge in [0.15, 0.2) is 5.78 Å². The summed E-state index contributed by atoms with van der Waals surface area (Å²) in [6.45, 7) is 8.50. The van der Waals surface area contributed by atoms with Crippen molar-refractivity contribution in [3.63, 3.8) is 0 Å². The van der Waals surface area contributed by atoms with Crippen molar-refractivity contribution in [3.05, 3.63) is 64.7 Å². The molecule has 4 nitrogen and oxygen atoms in total. The van der Waals surface area contributed by atoms with E-state index in [1.54, 1.807) is 12.1 Å². The SMILES string of the molecule is Cc1cc(C)c(C(=O)c2ccccc2)c(OC[C@H](O)CNC(C)C)c1. The first kappa shape index (κ1) is 19.2. The Labute approximate surface area is 149 Å². The molecule has 0 bridgehead atoms. The van der Waals surface area contributed by atoms with Crippen LogP contribution in [0.3, 0.4) is 0 Å². The fourth-order valence-corrected chi connectivity index (χ4v) is 2.68. The van der Waals surface area contributed by atoms with Crippen molar-refractivity contribution in [1.82, 2.24) is 5.32 Å². The molecule has 0 saturated carbocycles. The van der Waals surface area contributed by atoms with Crippen LogP contribution in [0.1, 0.15) is 40.9 Å². The van der Waals surface area contributed by atoms with E-state index in [1.165, 1.54) is 0 Å². The average molecular weight is 341 g/mol. The van der Waals surface area contributed by atoms with Crippen molar-refractivity contribution in [3.8, 4) is 5.75 Å². The second-order valence-corrected chi connectivity index (χ2v) is 6.68. The molecule has 0 aliphatic rings. The molecule has 4 heteroatoms. The lowest BCUT2D eigenvalue weighted by molar-refractivity contribution is 0.0981. The lowest BCUT2D eigenvalue weighted by atomic mass is 9.96. The van der Waals surface area contributed by atoms with E-state index < -0.39 is 6.10 Å². The van der Waals surface area contributed by atoms with Gasteiger partial charge in [0.05, 0.1) is 5.56 Å². The summed E-state index contributed by atoms with van der Waals surface area (Å²) in [5, 5.41) is 13.2. The number of aliphatic hydroxyl groups excluding tert-OH is 1. The largest absolute Gasteiger partial charge is 0.490 e. The molecule has 0 aromatic heterocycles. The minimum Gasteiger partial charge on any atom is -0.490 e. The number of hydrogen-bond acceptors (Lipinski definition) is 4. The van der Waals surface area contributed by atoms with Crippen molar-refractivity contribution in [2.75, 3.05) is 13.2 Å². The summed E-state index contributed by atoms with van der Waals surface area (Å²) in [7, 11) is 0. The number of aliphatic hydroxyl groups is 1. The summed E-state index contributed by atoms with van der Waals surface area (Å²) in [4.78, 5) is 12.9. The summed E-state index contributed by atoms with van der Waals surface area (Å²) in [5.41, 5.74) is 3.08. The second-order valence-electron chi connectivity index (χ2n) is 6.68. The zero-order valence-corrected chi connectivity index (χ0v) is 15.4. The van der Waals surface area contributed by atoms with Crippen molar-refractivity contribution in [2.24, 2.45) is 0 Å². The maximum absolute atomic E-state index is 12.9. The summed E-state index contributed by atoms with van der Waals surface area (Å²) in [5.74, 6) is 0.456. The van der Waals surface area contributed by atoms with E-state index in [4.69, 9.17) is 4.74 Å². The van der Waals surface area contributed by atoms with Crippen molar-refractivity contribution < 1.29 is 14.6 Å². The Morgan fingerprint density at radius 3 is 2.48 bits per heavy atom. The molecule has 1 atom stereocenters. The highest BCUT2D eigenvalue weighted by molar-refractivity contribution is 6.11. The van der Waals surface area contributed by atoms with Crippen LogP contribution in [0.4, 0.5) is 0 Å². The molecular formula is C21H27NO3. The van der Waals surface area contributed by atoms with Crippen LogP contribution in [0.25, 0.3) is 0 Å². The van der Waals surface area contributed by atoms with E-state index in [9.17, 15) is 9.90 Å². The van der Waals surface area contributed by atoms with Crippen molar-refractivity contribution in [1.29, 1.82) is 0 Å². The van der Waals surface area contributed by atoms with Crippen LogP contribution in [-0.2, 0) is 0 Å². The van der Waals surface area contributed by atoms with Crippen LogP contribution in [-0.4, -0.2) is 36.2 Å². The Morgan fingerprint density at radius 2 is 1.84 bits per heavy atom. The van der Waals surface area contributed by atoms with E-state index in [0.717, 1.165) is 11.1 Å². The zero-order chi connectivity index (χ0) is 18.4. The molecule has 2 aromatic rings. The Hall–Kier alpha value is -2.17. The molecular weight excluding hydrogens is 314 g/mol. The molecule has 0 radical (unpaired) electrons. The minimum absolute atomic E-state index is 0.0668. The highest BCUT2D eigenvalue weighted by atomic mass is 16.5. The third-order valence-electron chi connectivity index (χ3n) is 3.90. The van der Waals surface area contributed by atoms with Crippen LogP contribution < -0.4 is 10.1 Å². The Balaban J connectivity index is 2.21. The standard InChI is InChI=1S/C21H27NO3/c1-14(2)22-12-18(23)13-25-19-11-15(3)10-16(4)20(19)21(24)17-8-6-5-7-9-17/h5-11,14,18,22-23H,12-13H2,1-4H3/t18-/m1/s1. The Bertz CT molecular complexity index is 711. The number of rotatable bonds is 8. The third-order valence-corrected chi connectivity index (χ3v) is 3.90. The number of carbonyl (C=O) groups is 1. The summed E-state index contributed by atoms with van der Waals surface area (Å²) in [6, 6.07) is 13.3. The predicted molar refractivity (Wildman–Crippen MR) is 100 cm³/mol. The van der Waals surface area contributed by atoms with E-state index in [0.29, 0.717) is 29.5 Å². The lowest BCUT2D eigenvalue weighted by Gasteiger charge is -2.18. The monoisotopic (exact) mass is 341 g/mol. The van der Waals surface area contributed by atoms with Crippen LogP contribution in [0, 0.1) is 13.8 Å². The molecule has 0 unspecified atom stereocenters. The van der Waals surface area contributed by atoms with Gasteiger partial charge in [-0.1, -0.05) is 50.2 Å². The summed E-state index contributed by atoms with van der Waals surface area (Å²) >= 11 is 0. The first-order valence-electron chi connectivity index (χ1n) is 8.63. The highest BCUT2D eigenvalue weighted by Gasteiger charge is 2.19. The number of hydrogen-bond donors (Lipinski definition) is 2. The van der Waals surface area contributed by atoms with E-state index in [-0.39, 0.29) is 12.4 Å². The minimum atomic E-state index is -0.636. The summed E-state index contributed by atoms with van der Waals surface area (Å²) < 4.78 is 5.82. The van der Waals surface area contributed by atoms with Gasteiger partial charge in [0.2, 0.25) is 0 Å². The number of carbonyl (C=O) groups excluding carboxylic acids is 1. The lowest BCUT2D eigenvalue weighted by Crippen LogP contribution is -2.35. The van der Waals surface area contributed by atoms with Crippen LogP contribution in [0.15, 0.2) is 42.5 Å². The van der Waals surface area contributed by atoms with E-state index in [1.807, 2.05) is 58.0 Å². The van der Waals surface area contributed by atoms with Gasteiger partial charge >= 0.3 is 0 Å². The maximum atomic E-state index is 12.9. The molecule has 0 fully saturated rings. The van der Waals surface area contributed by atoms with Gasteiger partial charge in [0, 0.05) is 18.2 Å². The molecule has 0 saturated heterocycles. The van der Waals surface area contributed by atoms with E-state index >= 15 is 0 Å². The number of aryl methyl sites for hydroxylation is 2. The summed E-state index contributed by atoms with van der Waals surface area (Å²) in [6.07, 6.45) is -0.636. The van der Waals surface area contributed by atoms with Crippen molar-refractivity contribution >= 4 is 5.78 Å². The molecule has 0 aliphatic carbocycles. The normalized spacial score (nSPS) is 12.2. The molecule has 134 valence electrons. The zero-order valence-electron chi connectivity index (χ0n) is 15.4. The van der Waals surface area contributed by atoms with Gasteiger partial charge in [-0.3, -0.25) is 4.79 Å². The van der Waals surface area contributed by atoms with Crippen LogP contribution >= 0.6 is 0 Å². The topological polar surface area (TPSA) is 58.6 Å². The molecule has 2 N–H and O–H groups in total. The fraction of sp³-hybridized carbons (Fsp3) is 0.381. The van der Waals surface area contributed by atoms with Gasteiger partial charge in [-0.2, -0.15) is 0 Å². The molecule has 0 amide bonds. The van der Waals surface area contributed by atoms with Crippen molar-refractivity contribution in [2.45, 2.75) is 39.8 Å². The van der Waals surface area contributed by atoms with Crippen LogP contribution in [0.2, 0.25) is 0 Å². The fourth-order valence-electron chi connectivity index (χ4n) is 2.68. The molecule has 2 aromatic carbocycles. The number of ketones is 1. The first-order valence-corrected chi connectivity index (χ1v) is 8.63. The highest BCUT2D eigenvalue weighted by Crippen LogP contribution is 2.27. The molecule has 2 rings (SSSR count). The molecule has 0 spiro atoms. The van der Waals surface area contributed by atoms with Gasteiger partial charge in [-0.05, 0) is 31.0 Å². The Morgan fingerprint density at radius 1 is 1.16 bits per heavy atom.